The summed E-state index contributed by atoms with van der Waals surface area (Å²) >= 11 is 5.80. The van der Waals surface area contributed by atoms with Crippen LogP contribution in [0.15, 0.2) is 12.3 Å². The van der Waals surface area contributed by atoms with Crippen molar-refractivity contribution in [1.29, 1.82) is 0 Å². The van der Waals surface area contributed by atoms with Crippen LogP contribution in [-0.2, 0) is 4.74 Å². The van der Waals surface area contributed by atoms with Gasteiger partial charge >= 0.3 is 6.09 Å². The summed E-state index contributed by atoms with van der Waals surface area (Å²) in [6.07, 6.45) is 1.13. The molecule has 0 aliphatic rings. The molecule has 6 heteroatoms. The lowest BCUT2D eigenvalue weighted by Crippen LogP contribution is -2.26. The van der Waals surface area contributed by atoms with E-state index >= 15 is 0 Å². The Morgan fingerprint density at radius 2 is 2.06 bits per heavy atom. The molecule has 0 amide bonds. The largest absolute Gasteiger partial charge is 0.443 e. The van der Waals surface area contributed by atoms with Gasteiger partial charge in [-0.3, -0.25) is 0 Å². The van der Waals surface area contributed by atoms with Crippen LogP contribution in [0.2, 0.25) is 5.28 Å². The molecule has 0 aliphatic heterocycles. The van der Waals surface area contributed by atoms with Crippen molar-refractivity contribution in [1.82, 2.24) is 14.5 Å². The molecule has 2 heterocycles. The summed E-state index contributed by atoms with van der Waals surface area (Å²) in [5, 5.41) is 0.897. The number of carbonyl (C=O) groups excluding carboxylic acids is 1. The number of nitrogens with zero attached hydrogens (tertiary/aromatic N) is 3. The SMILES string of the molecule is Cc1nc(Cl)nc2c1ccn2C(=O)OC(C)(C)C. The van der Waals surface area contributed by atoms with Gasteiger partial charge in [0.25, 0.3) is 0 Å². The predicted molar refractivity (Wildman–Crippen MR) is 68.9 cm³/mol. The van der Waals surface area contributed by atoms with E-state index in [1.807, 2.05) is 27.7 Å². The van der Waals surface area contributed by atoms with E-state index in [2.05, 4.69) is 9.97 Å². The van der Waals surface area contributed by atoms with Crippen molar-refractivity contribution in [2.75, 3.05) is 0 Å². The summed E-state index contributed by atoms with van der Waals surface area (Å²) in [6.45, 7) is 7.24. The molecule has 5 nitrogen and oxygen atoms in total. The summed E-state index contributed by atoms with van der Waals surface area (Å²) in [7, 11) is 0. The molecule has 0 unspecified atom stereocenters. The Balaban J connectivity index is 2.49. The topological polar surface area (TPSA) is 57.0 Å². The standard InChI is InChI=1S/C12H14ClN3O2/c1-7-8-5-6-16(9(8)15-10(13)14-7)11(17)18-12(2,3)4/h5-6H,1-4H3. The lowest BCUT2D eigenvalue weighted by atomic mass is 10.2. The molecule has 0 N–H and O–H groups in total. The van der Waals surface area contributed by atoms with E-state index in [9.17, 15) is 4.79 Å². The monoisotopic (exact) mass is 267 g/mol. The van der Waals surface area contributed by atoms with Crippen LogP contribution in [0.3, 0.4) is 0 Å². The summed E-state index contributed by atoms with van der Waals surface area (Å²) in [5.74, 6) is 0. The van der Waals surface area contributed by atoms with E-state index in [-0.39, 0.29) is 5.28 Å². The molecule has 96 valence electrons. The van der Waals surface area contributed by atoms with Crippen molar-refractivity contribution in [2.45, 2.75) is 33.3 Å². The van der Waals surface area contributed by atoms with Crippen LogP contribution in [0.4, 0.5) is 4.79 Å². The number of aromatic nitrogens is 3. The fourth-order valence-electron chi connectivity index (χ4n) is 1.59. The van der Waals surface area contributed by atoms with E-state index in [0.717, 1.165) is 11.1 Å². The first-order valence-corrected chi connectivity index (χ1v) is 5.90. The number of aryl methyl sites for hydroxylation is 1. The van der Waals surface area contributed by atoms with Gasteiger partial charge in [0.15, 0.2) is 5.65 Å². The lowest BCUT2D eigenvalue weighted by Gasteiger charge is -2.19. The maximum absolute atomic E-state index is 12.0. The Morgan fingerprint density at radius 1 is 1.39 bits per heavy atom. The van der Waals surface area contributed by atoms with Crippen molar-refractivity contribution < 1.29 is 9.53 Å². The smallest absolute Gasteiger partial charge is 0.420 e. The highest BCUT2D eigenvalue weighted by Gasteiger charge is 2.20. The molecular formula is C12H14ClN3O2. The Labute approximate surface area is 110 Å². The van der Waals surface area contributed by atoms with Crippen LogP contribution in [0, 0.1) is 6.92 Å². The maximum atomic E-state index is 12.0. The Kier molecular flexibility index (Phi) is 3.02. The van der Waals surface area contributed by atoms with Gasteiger partial charge in [0.1, 0.15) is 5.60 Å². The molecule has 0 saturated heterocycles. The van der Waals surface area contributed by atoms with Gasteiger partial charge in [-0.1, -0.05) is 0 Å². The highest BCUT2D eigenvalue weighted by molar-refractivity contribution is 6.28. The second-order valence-electron chi connectivity index (χ2n) is 4.98. The van der Waals surface area contributed by atoms with Gasteiger partial charge in [-0.15, -0.1) is 0 Å². The molecule has 2 rings (SSSR count). The fraction of sp³-hybridized carbons (Fsp3) is 0.417. The molecule has 0 bridgehead atoms. The van der Waals surface area contributed by atoms with Gasteiger partial charge in [-0.05, 0) is 45.4 Å². The zero-order valence-corrected chi connectivity index (χ0v) is 11.4. The molecule has 0 saturated carbocycles. The molecule has 0 spiro atoms. The van der Waals surface area contributed by atoms with E-state index in [4.69, 9.17) is 16.3 Å². The van der Waals surface area contributed by atoms with Crippen molar-refractivity contribution >= 4 is 28.7 Å². The average molecular weight is 268 g/mol. The molecule has 0 atom stereocenters. The number of hydrogen-bond donors (Lipinski definition) is 0. The Hall–Kier alpha value is -1.62. The minimum atomic E-state index is -0.556. The zero-order chi connectivity index (χ0) is 13.5. The van der Waals surface area contributed by atoms with Gasteiger partial charge in [0.05, 0.1) is 5.69 Å². The fourth-order valence-corrected chi connectivity index (χ4v) is 1.80. The number of hydrogen-bond acceptors (Lipinski definition) is 4. The summed E-state index contributed by atoms with van der Waals surface area (Å²) in [4.78, 5) is 20.1. The number of carbonyl (C=O) groups is 1. The molecule has 0 fully saturated rings. The minimum absolute atomic E-state index is 0.114. The van der Waals surface area contributed by atoms with Crippen LogP contribution in [-0.4, -0.2) is 26.2 Å². The molecule has 0 aliphatic carbocycles. The van der Waals surface area contributed by atoms with Crippen molar-refractivity contribution in [3.05, 3.63) is 23.2 Å². The van der Waals surface area contributed by atoms with Gasteiger partial charge in [0, 0.05) is 11.6 Å². The number of rotatable bonds is 0. The molecule has 0 radical (unpaired) electrons. The summed E-state index contributed by atoms with van der Waals surface area (Å²) in [6, 6.07) is 1.77. The normalized spacial score (nSPS) is 11.8. The zero-order valence-electron chi connectivity index (χ0n) is 10.7. The van der Waals surface area contributed by atoms with Crippen molar-refractivity contribution in [3.63, 3.8) is 0 Å². The summed E-state index contributed by atoms with van der Waals surface area (Å²) in [5.41, 5.74) is 0.633. The molecule has 2 aromatic heterocycles. The first kappa shape index (κ1) is 12.8. The maximum Gasteiger partial charge on any atom is 0.420 e. The molecule has 2 aromatic rings. The van der Waals surface area contributed by atoms with Gasteiger partial charge < -0.3 is 4.74 Å². The van der Waals surface area contributed by atoms with Crippen LogP contribution < -0.4 is 0 Å². The number of fused-ring (bicyclic) bond motifs is 1. The third-order valence-electron chi connectivity index (χ3n) is 2.30. The quantitative estimate of drug-likeness (QED) is 0.688. The molecule has 18 heavy (non-hydrogen) atoms. The second-order valence-corrected chi connectivity index (χ2v) is 5.32. The number of halogens is 1. The lowest BCUT2D eigenvalue weighted by molar-refractivity contribution is 0.0543. The van der Waals surface area contributed by atoms with Gasteiger partial charge in [-0.25, -0.2) is 14.3 Å². The Bertz CT molecular complexity index is 614. The highest BCUT2D eigenvalue weighted by atomic mass is 35.5. The minimum Gasteiger partial charge on any atom is -0.443 e. The van der Waals surface area contributed by atoms with Crippen LogP contribution in [0.25, 0.3) is 11.0 Å². The number of ether oxygens (including phenoxy) is 1. The van der Waals surface area contributed by atoms with Crippen LogP contribution in [0.5, 0.6) is 0 Å². The third-order valence-corrected chi connectivity index (χ3v) is 2.47. The van der Waals surface area contributed by atoms with Crippen LogP contribution in [0.1, 0.15) is 26.5 Å². The predicted octanol–water partition coefficient (Wildman–Crippen LogP) is 3.18. The summed E-state index contributed by atoms with van der Waals surface area (Å²) < 4.78 is 6.62. The first-order valence-electron chi connectivity index (χ1n) is 5.52. The van der Waals surface area contributed by atoms with Crippen molar-refractivity contribution in [3.8, 4) is 0 Å². The van der Waals surface area contributed by atoms with E-state index in [1.165, 1.54) is 4.57 Å². The average Bonchev–Trinajstić information content (AvgIpc) is 2.58. The van der Waals surface area contributed by atoms with Gasteiger partial charge in [-0.2, -0.15) is 4.98 Å². The second kappa shape index (κ2) is 4.24. The van der Waals surface area contributed by atoms with E-state index in [0.29, 0.717) is 5.65 Å². The first-order chi connectivity index (χ1) is 8.28. The van der Waals surface area contributed by atoms with Crippen molar-refractivity contribution in [2.24, 2.45) is 0 Å². The molecular weight excluding hydrogens is 254 g/mol. The van der Waals surface area contributed by atoms with Gasteiger partial charge in [0.2, 0.25) is 5.28 Å². The van der Waals surface area contributed by atoms with E-state index < -0.39 is 11.7 Å². The third kappa shape index (κ3) is 2.46. The highest BCUT2D eigenvalue weighted by Crippen LogP contribution is 2.20. The van der Waals surface area contributed by atoms with E-state index in [1.54, 1.807) is 12.3 Å². The molecule has 0 aromatic carbocycles. The Morgan fingerprint density at radius 3 is 2.67 bits per heavy atom. The van der Waals surface area contributed by atoms with Crippen LogP contribution >= 0.6 is 11.6 Å².